The number of carbonyl (C=O) groups is 1. The molecule has 0 aromatic carbocycles. The maximum atomic E-state index is 11.8. The van der Waals surface area contributed by atoms with Gasteiger partial charge in [-0.3, -0.25) is 14.7 Å². The van der Waals surface area contributed by atoms with E-state index in [1.54, 1.807) is 10.9 Å². The Labute approximate surface area is 129 Å². The summed E-state index contributed by atoms with van der Waals surface area (Å²) in [5.41, 5.74) is 2.33. The fourth-order valence-corrected chi connectivity index (χ4v) is 4.22. The Morgan fingerprint density at radius 2 is 2.18 bits per heavy atom. The van der Waals surface area contributed by atoms with Crippen LogP contribution < -0.4 is 0 Å². The number of sulfonamides is 1. The minimum absolute atomic E-state index is 0.0887. The maximum absolute atomic E-state index is 11.8. The lowest BCUT2D eigenvalue weighted by Gasteiger charge is -2.40. The quantitative estimate of drug-likeness (QED) is 0.848. The topological polar surface area (TPSA) is 92.5 Å². The molecule has 3 rings (SSSR count). The first-order valence-corrected chi connectivity index (χ1v) is 8.80. The van der Waals surface area contributed by atoms with Crippen LogP contribution in [-0.4, -0.2) is 38.5 Å². The molecule has 0 radical (unpaired) electrons. The molecule has 1 fully saturated rings. The molecule has 1 aliphatic carbocycles. The zero-order valence-corrected chi connectivity index (χ0v) is 13.2. The van der Waals surface area contributed by atoms with Crippen LogP contribution in [0.3, 0.4) is 0 Å². The number of carbonyl (C=O) groups excluding carboxylic acids is 1. The maximum Gasteiger partial charge on any atom is 0.283 e. The molecule has 0 bridgehead atoms. The minimum Gasteiger partial charge on any atom is -0.272 e. The van der Waals surface area contributed by atoms with E-state index in [-0.39, 0.29) is 10.9 Å². The van der Waals surface area contributed by atoms with Crippen molar-refractivity contribution in [2.24, 2.45) is 0 Å². The molecule has 1 atom stereocenters. The summed E-state index contributed by atoms with van der Waals surface area (Å²) in [5.74, 6) is -0.783. The van der Waals surface area contributed by atoms with E-state index in [9.17, 15) is 13.2 Å². The molecule has 1 saturated heterocycles. The van der Waals surface area contributed by atoms with Crippen LogP contribution in [0.1, 0.15) is 44.6 Å². The van der Waals surface area contributed by atoms with Crippen molar-refractivity contribution in [2.45, 2.75) is 50.3 Å². The Kier molecular flexibility index (Phi) is 3.60. The fourth-order valence-electron chi connectivity index (χ4n) is 2.89. The minimum atomic E-state index is -3.95. The van der Waals surface area contributed by atoms with Crippen molar-refractivity contribution >= 4 is 21.5 Å². The second kappa shape index (κ2) is 5.20. The van der Waals surface area contributed by atoms with Crippen LogP contribution in [0.2, 0.25) is 0 Å². The number of aryl methyl sites for hydroxylation is 1. The highest BCUT2D eigenvalue weighted by molar-refractivity contribution is 7.94. The summed E-state index contributed by atoms with van der Waals surface area (Å²) in [5, 5.41) is 13.4. The smallest absolute Gasteiger partial charge is 0.272 e. The molecule has 0 saturated carbocycles. The molecule has 22 heavy (non-hydrogen) atoms. The second-order valence-electron chi connectivity index (χ2n) is 6.00. The average Bonchev–Trinajstić information content (AvgIpc) is 3.00. The van der Waals surface area contributed by atoms with E-state index in [1.165, 1.54) is 25.3 Å². The predicted octanol–water partition coefficient (Wildman–Crippen LogP) is 1.55. The van der Waals surface area contributed by atoms with Crippen molar-refractivity contribution in [3.63, 3.8) is 0 Å². The zero-order chi connectivity index (χ0) is 16.0. The van der Waals surface area contributed by atoms with Crippen molar-refractivity contribution < 1.29 is 18.4 Å². The van der Waals surface area contributed by atoms with Crippen molar-refractivity contribution in [1.82, 2.24) is 14.2 Å². The van der Waals surface area contributed by atoms with Gasteiger partial charge >= 0.3 is 0 Å². The molecule has 1 amide bonds. The van der Waals surface area contributed by atoms with E-state index in [1.807, 2.05) is 6.20 Å². The molecule has 1 aromatic heterocycles. The number of nitrogens with zero attached hydrogens (tertiary/aromatic N) is 3. The average molecular weight is 325 g/mol. The molecule has 0 unspecified atom stereocenters. The van der Waals surface area contributed by atoms with Gasteiger partial charge in [-0.05, 0) is 44.6 Å². The van der Waals surface area contributed by atoms with Crippen LogP contribution in [0.25, 0.3) is 5.57 Å². The van der Waals surface area contributed by atoms with Crippen molar-refractivity contribution in [1.29, 1.82) is 0 Å². The van der Waals surface area contributed by atoms with Gasteiger partial charge in [-0.2, -0.15) is 5.10 Å². The molecule has 1 aliphatic heterocycles. The Bertz CT molecular complexity index is 737. The monoisotopic (exact) mass is 325 g/mol. The van der Waals surface area contributed by atoms with Crippen molar-refractivity contribution in [3.8, 4) is 0 Å². The van der Waals surface area contributed by atoms with E-state index in [4.69, 9.17) is 5.21 Å². The molecule has 2 aliphatic rings. The van der Waals surface area contributed by atoms with Gasteiger partial charge in [0, 0.05) is 18.3 Å². The number of rotatable bonds is 4. The Hall–Kier alpha value is -1.67. The van der Waals surface area contributed by atoms with Crippen molar-refractivity contribution in [2.75, 3.05) is 0 Å². The largest absolute Gasteiger partial charge is 0.283 e. The fraction of sp³-hybridized carbons (Fsp3) is 0.571. The van der Waals surface area contributed by atoms with Gasteiger partial charge in [-0.1, -0.05) is 6.08 Å². The van der Waals surface area contributed by atoms with Gasteiger partial charge in [0.25, 0.3) is 15.9 Å². The second-order valence-corrected chi connectivity index (χ2v) is 8.20. The van der Waals surface area contributed by atoms with E-state index in [2.05, 4.69) is 11.2 Å². The first kappa shape index (κ1) is 15.2. The molecule has 7 nitrogen and oxygen atoms in total. The summed E-state index contributed by atoms with van der Waals surface area (Å²) in [6.45, 7) is 1.65. The molecular weight excluding hydrogens is 306 g/mol. The number of amides is 1. The number of allylic oxidation sites excluding steroid dienone is 2. The zero-order valence-electron chi connectivity index (χ0n) is 12.4. The van der Waals surface area contributed by atoms with Crippen LogP contribution in [0.5, 0.6) is 0 Å². The normalized spacial score (nSPS) is 27.5. The SMILES string of the molecule is C[C@@]1(CCn2cc(C3=CCCCC3)cn2)C(=O)N(O)S1(=O)=O. The van der Waals surface area contributed by atoms with Crippen molar-refractivity contribution in [3.05, 3.63) is 24.0 Å². The summed E-state index contributed by atoms with van der Waals surface area (Å²) >= 11 is 0. The molecule has 2 heterocycles. The number of aromatic nitrogens is 2. The number of hydrogen-bond donors (Lipinski definition) is 1. The highest BCUT2D eigenvalue weighted by Crippen LogP contribution is 2.37. The first-order chi connectivity index (χ1) is 10.4. The van der Waals surface area contributed by atoms with Crippen LogP contribution in [0.4, 0.5) is 0 Å². The van der Waals surface area contributed by atoms with Crippen LogP contribution >= 0.6 is 0 Å². The highest BCUT2D eigenvalue weighted by Gasteiger charge is 2.63. The lowest BCUT2D eigenvalue weighted by atomic mass is 9.96. The van der Waals surface area contributed by atoms with Crippen LogP contribution in [0, 0.1) is 0 Å². The van der Waals surface area contributed by atoms with Gasteiger partial charge in [0.05, 0.1) is 6.20 Å². The predicted molar refractivity (Wildman–Crippen MR) is 79.2 cm³/mol. The van der Waals surface area contributed by atoms with Gasteiger partial charge in [0.1, 0.15) is 0 Å². The molecule has 0 spiro atoms. The van der Waals surface area contributed by atoms with Gasteiger partial charge < -0.3 is 0 Å². The molecule has 8 heteroatoms. The molecule has 120 valence electrons. The number of hydroxylamine groups is 1. The Morgan fingerprint density at radius 3 is 2.82 bits per heavy atom. The summed E-state index contributed by atoms with van der Waals surface area (Å²) in [4.78, 5) is 11.6. The summed E-state index contributed by atoms with van der Waals surface area (Å²) in [7, 11) is -3.95. The van der Waals surface area contributed by atoms with E-state index in [0.29, 0.717) is 6.54 Å². The highest BCUT2D eigenvalue weighted by atomic mass is 32.2. The summed E-state index contributed by atoms with van der Waals surface area (Å²) in [6.07, 6.45) is 10.5. The molecule has 1 aromatic rings. The molecule has 1 N–H and O–H groups in total. The van der Waals surface area contributed by atoms with Gasteiger partial charge in [-0.25, -0.2) is 8.42 Å². The lowest BCUT2D eigenvalue weighted by molar-refractivity contribution is -0.156. The lowest BCUT2D eigenvalue weighted by Crippen LogP contribution is -2.67. The Balaban J connectivity index is 1.69. The third kappa shape index (κ3) is 2.17. The summed E-state index contributed by atoms with van der Waals surface area (Å²) in [6, 6.07) is 0. The number of hydrogen-bond acceptors (Lipinski definition) is 5. The van der Waals surface area contributed by atoms with Crippen LogP contribution in [0.15, 0.2) is 18.5 Å². The van der Waals surface area contributed by atoms with E-state index >= 15 is 0 Å². The summed E-state index contributed by atoms with van der Waals surface area (Å²) < 4.78 is 23.5. The van der Waals surface area contributed by atoms with Gasteiger partial charge in [0.15, 0.2) is 4.75 Å². The van der Waals surface area contributed by atoms with Crippen LogP contribution in [-0.2, 0) is 21.4 Å². The van der Waals surface area contributed by atoms with E-state index < -0.39 is 20.7 Å². The standard InChI is InChI=1S/C14H19N3O4S/c1-14(13(18)17(19)22(14,20)21)7-8-16-10-12(9-15-16)11-5-3-2-4-6-11/h5,9-10,19H,2-4,6-8H2,1H3/t14-/m1/s1. The van der Waals surface area contributed by atoms with Gasteiger partial charge in [0.2, 0.25) is 0 Å². The van der Waals surface area contributed by atoms with Gasteiger partial charge in [-0.15, -0.1) is 4.47 Å². The Morgan fingerprint density at radius 1 is 1.41 bits per heavy atom. The first-order valence-electron chi connectivity index (χ1n) is 7.36. The third-order valence-corrected chi connectivity index (χ3v) is 6.67. The van der Waals surface area contributed by atoms with E-state index in [0.717, 1.165) is 18.4 Å². The third-order valence-electron chi connectivity index (χ3n) is 4.54. The molecular formula is C14H19N3O4S.